The van der Waals surface area contributed by atoms with E-state index in [0.29, 0.717) is 0 Å². The van der Waals surface area contributed by atoms with Crippen LogP contribution in [-0.2, 0) is 27.3 Å². The van der Waals surface area contributed by atoms with Crippen molar-refractivity contribution in [2.45, 2.75) is 69.9 Å². The van der Waals surface area contributed by atoms with Crippen LogP contribution in [0.15, 0.2) is 18.2 Å². The lowest BCUT2D eigenvalue weighted by Gasteiger charge is -2.36. The van der Waals surface area contributed by atoms with E-state index in [1.807, 2.05) is 0 Å². The molecule has 2 aromatic rings. The first kappa shape index (κ1) is 29.6. The van der Waals surface area contributed by atoms with E-state index < -0.39 is 89.8 Å². The van der Waals surface area contributed by atoms with Gasteiger partial charge in [-0.25, -0.2) is 0 Å². The summed E-state index contributed by atoms with van der Waals surface area (Å²) >= 11 is 0. The van der Waals surface area contributed by atoms with Crippen molar-refractivity contribution in [3.63, 3.8) is 0 Å². The molecule has 0 spiro atoms. The van der Waals surface area contributed by atoms with Gasteiger partial charge in [-0.1, -0.05) is 19.1 Å². The number of nitrogens with two attached hydrogens (primary N) is 1. The molecule has 2 aromatic carbocycles. The molecule has 216 valence electrons. The molecule has 12 nitrogen and oxygen atoms in total. The Kier molecular flexibility index (Phi) is 8.31. The second-order valence-corrected chi connectivity index (χ2v) is 10.1. The van der Waals surface area contributed by atoms with Gasteiger partial charge in [0.15, 0.2) is 17.9 Å². The summed E-state index contributed by atoms with van der Waals surface area (Å²) in [5, 5.41) is 53.4. The molecule has 0 saturated carbocycles. The quantitative estimate of drug-likeness (QED) is 0.198. The first-order valence-corrected chi connectivity index (χ1v) is 12.8. The molecule has 40 heavy (non-hydrogen) atoms. The van der Waals surface area contributed by atoms with Gasteiger partial charge in [0, 0.05) is 35.6 Å². The van der Waals surface area contributed by atoms with Gasteiger partial charge in [0.25, 0.3) is 0 Å². The Bertz CT molecular complexity index is 1340. The fraction of sp³-hybridized carbons (Fsp3) is 0.464. The van der Waals surface area contributed by atoms with Gasteiger partial charge in [0.05, 0.1) is 42.6 Å². The van der Waals surface area contributed by atoms with Crippen molar-refractivity contribution in [2.75, 3.05) is 13.7 Å². The van der Waals surface area contributed by atoms with Crippen molar-refractivity contribution in [3.05, 3.63) is 51.6 Å². The van der Waals surface area contributed by atoms with Crippen molar-refractivity contribution in [3.8, 4) is 17.2 Å². The van der Waals surface area contributed by atoms with Crippen molar-refractivity contribution in [2.24, 2.45) is 5.73 Å². The highest BCUT2D eigenvalue weighted by molar-refractivity contribution is 6.31. The maximum atomic E-state index is 13.6. The Morgan fingerprint density at radius 1 is 1.12 bits per heavy atom. The second-order valence-electron chi connectivity index (χ2n) is 10.1. The molecule has 5 atom stereocenters. The van der Waals surface area contributed by atoms with Crippen LogP contribution >= 0.6 is 0 Å². The minimum Gasteiger partial charge on any atom is -0.507 e. The van der Waals surface area contributed by atoms with E-state index in [1.165, 1.54) is 32.2 Å². The molecule has 1 aliphatic carbocycles. The van der Waals surface area contributed by atoms with Crippen LogP contribution < -0.4 is 10.5 Å². The normalized spacial score (nSPS) is 23.8. The largest absolute Gasteiger partial charge is 0.507 e. The predicted molar refractivity (Wildman–Crippen MR) is 138 cm³/mol. The standard InChI is InChI=1S/C28H33NO11/c1-4-28(37,18(31)10-30)9-14-15(11-39-19-8-16(29)23(32)12(2)40-19)26(35)22-21(25(14)34)24(33)13-6-5-7-17(38-3)20(13)27(22)36/h5-7,12,16,19,23,30,32,34-35,37H,4,8-11,29H2,1-3H3/t12-,16-,19+,23+,28+/m0/s1. The number of carbonyl (C=O) groups excluding carboxylic acids is 3. The summed E-state index contributed by atoms with van der Waals surface area (Å²) in [6.45, 7) is 1.60. The number of fused-ring (bicyclic) bond motifs is 2. The molecule has 1 heterocycles. The number of ether oxygens (including phenoxy) is 3. The number of phenols is 2. The summed E-state index contributed by atoms with van der Waals surface area (Å²) in [5.41, 5.74) is 2.27. The number of hydrogen-bond donors (Lipinski definition) is 6. The molecule has 0 amide bonds. The number of rotatable bonds is 9. The molecule has 0 bridgehead atoms. The lowest BCUT2D eigenvalue weighted by molar-refractivity contribution is -0.226. The molecule has 1 saturated heterocycles. The Labute approximate surface area is 229 Å². The van der Waals surface area contributed by atoms with Crippen LogP contribution in [0.3, 0.4) is 0 Å². The summed E-state index contributed by atoms with van der Waals surface area (Å²) in [7, 11) is 1.32. The molecular formula is C28H33NO11. The summed E-state index contributed by atoms with van der Waals surface area (Å²) < 4.78 is 16.7. The van der Waals surface area contributed by atoms with Gasteiger partial charge < -0.3 is 45.5 Å². The van der Waals surface area contributed by atoms with Crippen LogP contribution in [0, 0.1) is 0 Å². The first-order valence-electron chi connectivity index (χ1n) is 12.8. The topological polar surface area (TPSA) is 206 Å². The zero-order valence-electron chi connectivity index (χ0n) is 22.3. The van der Waals surface area contributed by atoms with Gasteiger partial charge in [-0.2, -0.15) is 0 Å². The highest BCUT2D eigenvalue weighted by Gasteiger charge is 2.42. The van der Waals surface area contributed by atoms with Crippen molar-refractivity contribution in [1.82, 2.24) is 0 Å². The first-order chi connectivity index (χ1) is 18.9. The van der Waals surface area contributed by atoms with Gasteiger partial charge in [-0.05, 0) is 19.4 Å². The molecule has 7 N–H and O–H groups in total. The third-order valence-electron chi connectivity index (χ3n) is 7.71. The monoisotopic (exact) mass is 559 g/mol. The van der Waals surface area contributed by atoms with E-state index in [0.717, 1.165) is 0 Å². The molecule has 2 aliphatic rings. The highest BCUT2D eigenvalue weighted by Crippen LogP contribution is 2.46. The van der Waals surface area contributed by atoms with Crippen LogP contribution in [0.4, 0.5) is 0 Å². The number of Topliss-reactive ketones (excluding diaryl/α,β-unsaturated/α-hetero) is 1. The fourth-order valence-electron chi connectivity index (χ4n) is 5.23. The second kappa shape index (κ2) is 11.2. The number of methoxy groups -OCH3 is 1. The minimum absolute atomic E-state index is 0.0594. The SMILES string of the molecule is CC[C@@](O)(Cc1c(O)c2c(c(O)c1CO[C@H]1C[C@H](N)[C@H](O)[C@H](C)O1)C(=O)c1c(OC)cccc1C2=O)C(=O)CO. The van der Waals surface area contributed by atoms with Gasteiger partial charge in [-0.15, -0.1) is 0 Å². The number of ketones is 3. The van der Waals surface area contributed by atoms with E-state index in [9.17, 15) is 39.9 Å². The van der Waals surface area contributed by atoms with E-state index >= 15 is 0 Å². The average Bonchev–Trinajstić information content (AvgIpc) is 2.94. The van der Waals surface area contributed by atoms with Gasteiger partial charge in [-0.3, -0.25) is 14.4 Å². The lowest BCUT2D eigenvalue weighted by Crippen LogP contribution is -2.51. The van der Waals surface area contributed by atoms with Crippen LogP contribution in [-0.4, -0.2) is 86.7 Å². The van der Waals surface area contributed by atoms with Gasteiger partial charge >= 0.3 is 0 Å². The summed E-state index contributed by atoms with van der Waals surface area (Å²) in [5.74, 6) is -3.83. The van der Waals surface area contributed by atoms with Gasteiger partial charge in [0.1, 0.15) is 29.5 Å². The molecule has 1 fully saturated rings. The highest BCUT2D eigenvalue weighted by atomic mass is 16.7. The van der Waals surface area contributed by atoms with Crippen LogP contribution in [0.2, 0.25) is 0 Å². The number of carbonyl (C=O) groups is 3. The number of hydrogen-bond acceptors (Lipinski definition) is 12. The van der Waals surface area contributed by atoms with E-state index in [2.05, 4.69) is 0 Å². The Hall–Kier alpha value is -3.39. The maximum Gasteiger partial charge on any atom is 0.202 e. The van der Waals surface area contributed by atoms with E-state index in [-0.39, 0.29) is 40.8 Å². The smallest absolute Gasteiger partial charge is 0.202 e. The van der Waals surface area contributed by atoms with Crippen molar-refractivity contribution in [1.29, 1.82) is 0 Å². The van der Waals surface area contributed by atoms with Crippen LogP contribution in [0.25, 0.3) is 0 Å². The third kappa shape index (κ3) is 4.87. The molecule has 0 unspecified atom stereocenters. The number of aliphatic hydroxyl groups is 3. The summed E-state index contributed by atoms with van der Waals surface area (Å²) in [6, 6.07) is 3.68. The van der Waals surface area contributed by atoms with E-state index in [1.54, 1.807) is 6.92 Å². The molecule has 4 rings (SSSR count). The minimum atomic E-state index is -2.17. The maximum absolute atomic E-state index is 13.6. The number of phenolic OH excluding ortho intramolecular Hbond substituents is 2. The average molecular weight is 560 g/mol. The number of benzene rings is 2. The van der Waals surface area contributed by atoms with Crippen molar-refractivity contribution >= 4 is 17.3 Å². The summed E-state index contributed by atoms with van der Waals surface area (Å²) in [4.78, 5) is 39.7. The van der Waals surface area contributed by atoms with Crippen molar-refractivity contribution < 1.29 is 54.1 Å². The van der Waals surface area contributed by atoms with E-state index in [4.69, 9.17) is 19.9 Å². The van der Waals surface area contributed by atoms with Gasteiger partial charge in [0.2, 0.25) is 5.78 Å². The fourth-order valence-corrected chi connectivity index (χ4v) is 5.23. The van der Waals surface area contributed by atoms with Crippen LogP contribution in [0.5, 0.6) is 17.2 Å². The Morgan fingerprint density at radius 3 is 2.38 bits per heavy atom. The third-order valence-corrected chi connectivity index (χ3v) is 7.71. The molecular weight excluding hydrogens is 526 g/mol. The molecule has 12 heteroatoms. The summed E-state index contributed by atoms with van der Waals surface area (Å²) in [6.07, 6.45) is -3.24. The molecule has 0 radical (unpaired) electrons. The van der Waals surface area contributed by atoms with Crippen LogP contribution in [0.1, 0.15) is 69.7 Å². The number of aliphatic hydroxyl groups excluding tert-OH is 2. The zero-order chi connectivity index (χ0) is 29.5. The molecule has 0 aromatic heterocycles. The Morgan fingerprint density at radius 2 is 1.77 bits per heavy atom. The predicted octanol–water partition coefficient (Wildman–Crippen LogP) is 0.466. The molecule has 1 aliphatic heterocycles. The number of aromatic hydroxyl groups is 2. The lowest BCUT2D eigenvalue weighted by atomic mass is 9.77. The zero-order valence-corrected chi connectivity index (χ0v) is 22.3. The Balaban J connectivity index is 1.87.